The molecule has 8 nitrogen and oxygen atoms in total. The summed E-state index contributed by atoms with van der Waals surface area (Å²) in [5.74, 6) is 0.319. The first-order valence-corrected chi connectivity index (χ1v) is 8.33. The van der Waals surface area contributed by atoms with Crippen molar-refractivity contribution in [2.45, 2.75) is 26.8 Å². The summed E-state index contributed by atoms with van der Waals surface area (Å²) >= 11 is 0. The Bertz CT molecular complexity index is 1180. The van der Waals surface area contributed by atoms with Crippen LogP contribution in [0.1, 0.15) is 29.5 Å². The van der Waals surface area contributed by atoms with Gasteiger partial charge in [0.15, 0.2) is 0 Å². The van der Waals surface area contributed by atoms with Gasteiger partial charge in [-0.25, -0.2) is 9.97 Å². The average Bonchev–Trinajstić information content (AvgIpc) is 3.13. The Balaban J connectivity index is 1.80. The second-order valence-corrected chi connectivity index (χ2v) is 5.97. The number of carbonyl (C=O) groups excluding carboxylic acids is 1. The number of fused-ring (bicyclic) bond motifs is 2. The molecule has 4 aromatic rings. The Kier molecular flexibility index (Phi) is 3.80. The summed E-state index contributed by atoms with van der Waals surface area (Å²) in [6.07, 6.45) is 2.14. The zero-order chi connectivity index (χ0) is 18.3. The normalized spacial score (nSPS) is 11.3. The number of hydrogen-bond acceptors (Lipinski definition) is 5. The summed E-state index contributed by atoms with van der Waals surface area (Å²) in [7, 11) is 0. The van der Waals surface area contributed by atoms with Crippen molar-refractivity contribution in [3.8, 4) is 0 Å². The summed E-state index contributed by atoms with van der Waals surface area (Å²) in [6, 6.07) is 7.68. The summed E-state index contributed by atoms with van der Waals surface area (Å²) in [6.45, 7) is 4.40. The highest BCUT2D eigenvalue weighted by atomic mass is 16.3. The second kappa shape index (κ2) is 6.14. The van der Waals surface area contributed by atoms with Crippen molar-refractivity contribution < 1.29 is 9.21 Å². The first-order chi connectivity index (χ1) is 12.6. The van der Waals surface area contributed by atoms with Gasteiger partial charge in [-0.1, -0.05) is 19.1 Å². The molecule has 0 spiro atoms. The maximum atomic E-state index is 12.9. The molecule has 0 bridgehead atoms. The molecule has 26 heavy (non-hydrogen) atoms. The van der Waals surface area contributed by atoms with Crippen LogP contribution in [0.15, 0.2) is 39.8 Å². The Morgan fingerprint density at radius 2 is 2.15 bits per heavy atom. The number of para-hydroxylation sites is 2. The number of carbonyl (C=O) groups is 1. The molecule has 0 saturated heterocycles. The molecule has 0 aliphatic rings. The molecule has 132 valence electrons. The van der Waals surface area contributed by atoms with Crippen molar-refractivity contribution in [2.24, 2.45) is 0 Å². The van der Waals surface area contributed by atoms with Gasteiger partial charge in [-0.15, -0.1) is 0 Å². The summed E-state index contributed by atoms with van der Waals surface area (Å²) in [5.41, 5.74) is 1.63. The van der Waals surface area contributed by atoms with Crippen LogP contribution in [-0.4, -0.2) is 25.4 Å². The van der Waals surface area contributed by atoms with Crippen LogP contribution in [0.5, 0.6) is 0 Å². The fourth-order valence-electron chi connectivity index (χ4n) is 3.11. The predicted octanol–water partition coefficient (Wildman–Crippen LogP) is 2.84. The van der Waals surface area contributed by atoms with Crippen LogP contribution in [0.4, 0.5) is 5.95 Å². The number of hydrogen-bond donors (Lipinski definition) is 2. The van der Waals surface area contributed by atoms with Gasteiger partial charge < -0.3 is 14.0 Å². The molecule has 0 atom stereocenters. The van der Waals surface area contributed by atoms with E-state index in [0.29, 0.717) is 18.3 Å². The van der Waals surface area contributed by atoms with E-state index in [4.69, 9.17) is 4.42 Å². The molecular formula is C18H17N5O3. The van der Waals surface area contributed by atoms with E-state index in [-0.39, 0.29) is 16.7 Å². The number of aryl methyl sites for hydroxylation is 2. The number of nitrogens with zero attached hydrogens (tertiary/aromatic N) is 3. The van der Waals surface area contributed by atoms with Crippen molar-refractivity contribution in [2.75, 3.05) is 5.32 Å². The molecule has 3 aromatic heterocycles. The fraction of sp³-hybridized carbons (Fsp3) is 0.222. The Morgan fingerprint density at radius 3 is 2.96 bits per heavy atom. The number of furan rings is 1. The standard InChI is InChI=1S/C18H17N5O3/c1-3-8-23-12-7-5-4-6-11(12)21-18(23)22-16(25)13-10(2)26-17-14(13)15(24)19-9-20-17/h4-7,9H,3,8H2,1-2H3,(H,19,20,24)(H,21,22,25). The van der Waals surface area contributed by atoms with Crippen LogP contribution in [-0.2, 0) is 6.54 Å². The van der Waals surface area contributed by atoms with E-state index in [9.17, 15) is 9.59 Å². The quantitative estimate of drug-likeness (QED) is 0.588. The molecule has 0 saturated carbocycles. The lowest BCUT2D eigenvalue weighted by atomic mass is 10.2. The number of aromatic amines is 1. The number of nitrogens with one attached hydrogen (secondary N) is 2. The number of aromatic nitrogens is 4. The number of benzene rings is 1. The van der Waals surface area contributed by atoms with Crippen LogP contribution in [0.25, 0.3) is 22.1 Å². The third-order valence-corrected chi connectivity index (χ3v) is 4.22. The van der Waals surface area contributed by atoms with E-state index in [0.717, 1.165) is 17.5 Å². The van der Waals surface area contributed by atoms with Gasteiger partial charge in [-0.05, 0) is 25.5 Å². The van der Waals surface area contributed by atoms with Gasteiger partial charge in [-0.3, -0.25) is 14.9 Å². The summed E-state index contributed by atoms with van der Waals surface area (Å²) in [5, 5.41) is 2.96. The first kappa shape index (κ1) is 16.1. The highest BCUT2D eigenvalue weighted by Gasteiger charge is 2.23. The topological polar surface area (TPSA) is 106 Å². The van der Waals surface area contributed by atoms with E-state index in [2.05, 4.69) is 27.2 Å². The van der Waals surface area contributed by atoms with E-state index < -0.39 is 11.5 Å². The molecular weight excluding hydrogens is 334 g/mol. The van der Waals surface area contributed by atoms with Crippen molar-refractivity contribution in [3.05, 3.63) is 52.3 Å². The van der Waals surface area contributed by atoms with E-state index in [1.807, 2.05) is 28.8 Å². The molecule has 0 unspecified atom stereocenters. The zero-order valence-electron chi connectivity index (χ0n) is 14.4. The maximum absolute atomic E-state index is 12.9. The molecule has 1 aromatic carbocycles. The SMILES string of the molecule is CCCn1c(NC(=O)c2c(C)oc3nc[nH]c(=O)c23)nc2ccccc21. The first-order valence-electron chi connectivity index (χ1n) is 8.33. The Hall–Kier alpha value is -3.42. The van der Waals surface area contributed by atoms with Gasteiger partial charge in [0.2, 0.25) is 11.7 Å². The van der Waals surface area contributed by atoms with Crippen molar-refractivity contribution in [1.29, 1.82) is 0 Å². The summed E-state index contributed by atoms with van der Waals surface area (Å²) in [4.78, 5) is 36.0. The van der Waals surface area contributed by atoms with Crippen LogP contribution in [0.3, 0.4) is 0 Å². The fourth-order valence-corrected chi connectivity index (χ4v) is 3.11. The molecule has 0 aliphatic carbocycles. The number of imidazole rings is 1. The van der Waals surface area contributed by atoms with Crippen LogP contribution in [0, 0.1) is 6.92 Å². The van der Waals surface area contributed by atoms with Crippen LogP contribution < -0.4 is 10.9 Å². The Labute approximate surface area is 147 Å². The third kappa shape index (κ3) is 2.46. The number of H-pyrrole nitrogens is 1. The van der Waals surface area contributed by atoms with Crippen LogP contribution >= 0.6 is 0 Å². The molecule has 0 fully saturated rings. The minimum atomic E-state index is -0.451. The largest absolute Gasteiger partial charge is 0.442 e. The smallest absolute Gasteiger partial charge is 0.262 e. The van der Waals surface area contributed by atoms with Gasteiger partial charge >= 0.3 is 0 Å². The van der Waals surface area contributed by atoms with E-state index >= 15 is 0 Å². The molecule has 0 radical (unpaired) electrons. The molecule has 4 rings (SSSR count). The predicted molar refractivity (Wildman–Crippen MR) is 97.3 cm³/mol. The van der Waals surface area contributed by atoms with Gasteiger partial charge in [0.25, 0.3) is 11.5 Å². The third-order valence-electron chi connectivity index (χ3n) is 4.22. The minimum absolute atomic E-state index is 0.137. The van der Waals surface area contributed by atoms with Gasteiger partial charge in [-0.2, -0.15) is 0 Å². The van der Waals surface area contributed by atoms with Gasteiger partial charge in [0, 0.05) is 6.54 Å². The molecule has 3 heterocycles. The number of rotatable bonds is 4. The van der Waals surface area contributed by atoms with Crippen LogP contribution in [0.2, 0.25) is 0 Å². The lowest BCUT2D eigenvalue weighted by Crippen LogP contribution is -2.19. The van der Waals surface area contributed by atoms with E-state index in [1.54, 1.807) is 6.92 Å². The van der Waals surface area contributed by atoms with Gasteiger partial charge in [0.1, 0.15) is 11.1 Å². The number of amides is 1. The zero-order valence-corrected chi connectivity index (χ0v) is 14.4. The second-order valence-electron chi connectivity index (χ2n) is 5.97. The average molecular weight is 351 g/mol. The molecule has 0 aliphatic heterocycles. The van der Waals surface area contributed by atoms with Crippen molar-refractivity contribution in [3.63, 3.8) is 0 Å². The Morgan fingerprint density at radius 1 is 1.35 bits per heavy atom. The van der Waals surface area contributed by atoms with E-state index in [1.165, 1.54) is 6.33 Å². The highest BCUT2D eigenvalue weighted by molar-refractivity contribution is 6.12. The monoisotopic (exact) mass is 351 g/mol. The maximum Gasteiger partial charge on any atom is 0.262 e. The number of anilines is 1. The lowest BCUT2D eigenvalue weighted by molar-refractivity contribution is 0.102. The van der Waals surface area contributed by atoms with Gasteiger partial charge in [0.05, 0.1) is 22.9 Å². The minimum Gasteiger partial charge on any atom is -0.442 e. The molecule has 2 N–H and O–H groups in total. The van der Waals surface area contributed by atoms with Crippen molar-refractivity contribution in [1.82, 2.24) is 19.5 Å². The summed E-state index contributed by atoms with van der Waals surface area (Å²) < 4.78 is 7.41. The highest BCUT2D eigenvalue weighted by Crippen LogP contribution is 2.24. The lowest BCUT2D eigenvalue weighted by Gasteiger charge is -2.08. The molecule has 1 amide bonds. The molecule has 8 heteroatoms. The van der Waals surface area contributed by atoms with Crippen molar-refractivity contribution >= 4 is 34.0 Å².